The van der Waals surface area contributed by atoms with Crippen LogP contribution in [0.5, 0.6) is 0 Å². The number of Topliss-reactive ketones (excluding diaryl/α,β-unsaturated/α-hetero) is 1. The molecule has 0 aliphatic carbocycles. The van der Waals surface area contributed by atoms with Gasteiger partial charge >= 0.3 is 0 Å². The Morgan fingerprint density at radius 1 is 1.56 bits per heavy atom. The summed E-state index contributed by atoms with van der Waals surface area (Å²) in [5.74, 6) is -0.629. The molecule has 0 aromatic carbocycles. The van der Waals surface area contributed by atoms with Crippen molar-refractivity contribution in [2.75, 3.05) is 0 Å². The molecule has 0 radical (unpaired) electrons. The minimum atomic E-state index is -0.707. The van der Waals surface area contributed by atoms with E-state index in [4.69, 9.17) is 10.2 Å². The van der Waals surface area contributed by atoms with E-state index in [0.717, 1.165) is 6.42 Å². The Bertz CT molecular complexity index is 346. The summed E-state index contributed by atoms with van der Waals surface area (Å²) in [5.41, 5.74) is 5.54. The SMILES string of the molecule is CCCC(N)C(=O)C(=O)NCc1ccco1. The fourth-order valence-corrected chi connectivity index (χ4v) is 1.28. The first kappa shape index (κ1) is 12.4. The van der Waals surface area contributed by atoms with E-state index in [0.29, 0.717) is 12.2 Å². The molecule has 88 valence electrons. The molecular weight excluding hydrogens is 208 g/mol. The Balaban J connectivity index is 2.37. The molecule has 1 aromatic rings. The number of ketones is 1. The number of nitrogens with two attached hydrogens (primary N) is 1. The third-order valence-electron chi connectivity index (χ3n) is 2.16. The molecule has 1 unspecified atom stereocenters. The van der Waals surface area contributed by atoms with Gasteiger partial charge in [-0.05, 0) is 18.6 Å². The highest BCUT2D eigenvalue weighted by molar-refractivity contribution is 6.38. The molecule has 0 spiro atoms. The fourth-order valence-electron chi connectivity index (χ4n) is 1.28. The summed E-state index contributed by atoms with van der Waals surface area (Å²) in [6.07, 6.45) is 2.80. The van der Waals surface area contributed by atoms with Gasteiger partial charge in [-0.25, -0.2) is 0 Å². The number of carbonyl (C=O) groups excluding carboxylic acids is 2. The Morgan fingerprint density at radius 2 is 2.31 bits per heavy atom. The molecule has 0 saturated heterocycles. The Labute approximate surface area is 94.0 Å². The number of carbonyl (C=O) groups is 2. The van der Waals surface area contributed by atoms with Crippen LogP contribution in [0.25, 0.3) is 0 Å². The number of furan rings is 1. The van der Waals surface area contributed by atoms with Crippen LogP contribution in [0.15, 0.2) is 22.8 Å². The molecule has 16 heavy (non-hydrogen) atoms. The molecule has 0 fully saturated rings. The Hall–Kier alpha value is -1.62. The zero-order valence-corrected chi connectivity index (χ0v) is 9.23. The van der Waals surface area contributed by atoms with Gasteiger partial charge in [-0.3, -0.25) is 9.59 Å². The third kappa shape index (κ3) is 3.51. The van der Waals surface area contributed by atoms with E-state index in [1.165, 1.54) is 6.26 Å². The summed E-state index contributed by atoms with van der Waals surface area (Å²) >= 11 is 0. The van der Waals surface area contributed by atoms with Crippen molar-refractivity contribution in [3.63, 3.8) is 0 Å². The largest absolute Gasteiger partial charge is 0.467 e. The lowest BCUT2D eigenvalue weighted by atomic mass is 10.1. The molecule has 1 rings (SSSR count). The molecule has 0 aliphatic heterocycles. The van der Waals surface area contributed by atoms with E-state index in [9.17, 15) is 9.59 Å². The smallest absolute Gasteiger partial charge is 0.289 e. The zero-order chi connectivity index (χ0) is 12.0. The molecule has 1 aromatic heterocycles. The summed E-state index contributed by atoms with van der Waals surface area (Å²) < 4.78 is 5.01. The highest BCUT2D eigenvalue weighted by Crippen LogP contribution is 1.99. The van der Waals surface area contributed by atoms with Crippen LogP contribution < -0.4 is 11.1 Å². The van der Waals surface area contributed by atoms with E-state index in [-0.39, 0.29) is 6.54 Å². The first-order valence-corrected chi connectivity index (χ1v) is 5.25. The van der Waals surface area contributed by atoms with Gasteiger partial charge in [0.1, 0.15) is 5.76 Å². The molecule has 1 atom stereocenters. The molecule has 5 nitrogen and oxygen atoms in total. The van der Waals surface area contributed by atoms with Gasteiger partial charge < -0.3 is 15.5 Å². The fraction of sp³-hybridized carbons (Fsp3) is 0.455. The predicted octanol–water partition coefficient (Wildman–Crippen LogP) is 0.592. The lowest BCUT2D eigenvalue weighted by Gasteiger charge is -2.08. The van der Waals surface area contributed by atoms with Crippen LogP contribution in [0.2, 0.25) is 0 Å². The normalized spacial score (nSPS) is 12.1. The average Bonchev–Trinajstić information content (AvgIpc) is 2.78. The first-order valence-electron chi connectivity index (χ1n) is 5.25. The standard InChI is InChI=1S/C11H16N2O3/c1-2-4-9(12)10(14)11(15)13-7-8-5-3-6-16-8/h3,5-6,9H,2,4,7,12H2,1H3,(H,13,15). The van der Waals surface area contributed by atoms with Crippen molar-refractivity contribution in [1.29, 1.82) is 0 Å². The van der Waals surface area contributed by atoms with E-state index in [1.807, 2.05) is 6.92 Å². The molecule has 0 saturated carbocycles. The summed E-state index contributed by atoms with van der Waals surface area (Å²) in [4.78, 5) is 22.8. The molecule has 5 heteroatoms. The van der Waals surface area contributed by atoms with Gasteiger partial charge in [0.25, 0.3) is 5.91 Å². The van der Waals surface area contributed by atoms with Crippen LogP contribution in [-0.2, 0) is 16.1 Å². The van der Waals surface area contributed by atoms with Crippen LogP contribution in [0, 0.1) is 0 Å². The maximum Gasteiger partial charge on any atom is 0.289 e. The summed E-state index contributed by atoms with van der Waals surface area (Å²) in [6, 6.07) is 2.73. The maximum atomic E-state index is 11.4. The van der Waals surface area contributed by atoms with Gasteiger partial charge in [0.05, 0.1) is 18.8 Å². The summed E-state index contributed by atoms with van der Waals surface area (Å²) in [6.45, 7) is 2.12. The van der Waals surface area contributed by atoms with Gasteiger partial charge in [0.2, 0.25) is 5.78 Å². The second-order valence-corrected chi connectivity index (χ2v) is 3.52. The van der Waals surface area contributed by atoms with Crippen LogP contribution in [-0.4, -0.2) is 17.7 Å². The second kappa shape index (κ2) is 6.07. The minimum Gasteiger partial charge on any atom is -0.467 e. The van der Waals surface area contributed by atoms with Crippen LogP contribution in [0.1, 0.15) is 25.5 Å². The van der Waals surface area contributed by atoms with Crippen molar-refractivity contribution < 1.29 is 14.0 Å². The molecule has 0 aliphatic rings. The number of amides is 1. The third-order valence-corrected chi connectivity index (χ3v) is 2.16. The highest BCUT2D eigenvalue weighted by Gasteiger charge is 2.20. The predicted molar refractivity (Wildman–Crippen MR) is 58.4 cm³/mol. The molecule has 1 heterocycles. The lowest BCUT2D eigenvalue weighted by Crippen LogP contribution is -2.42. The van der Waals surface area contributed by atoms with Gasteiger partial charge in [0.15, 0.2) is 0 Å². The van der Waals surface area contributed by atoms with E-state index in [2.05, 4.69) is 5.32 Å². The van der Waals surface area contributed by atoms with Crippen molar-refractivity contribution in [1.82, 2.24) is 5.32 Å². The van der Waals surface area contributed by atoms with Gasteiger partial charge in [-0.15, -0.1) is 0 Å². The van der Waals surface area contributed by atoms with Crippen molar-refractivity contribution in [3.05, 3.63) is 24.2 Å². The van der Waals surface area contributed by atoms with Crippen LogP contribution >= 0.6 is 0 Å². The number of hydrogen-bond donors (Lipinski definition) is 2. The van der Waals surface area contributed by atoms with E-state index < -0.39 is 17.7 Å². The molecular formula is C11H16N2O3. The number of hydrogen-bond acceptors (Lipinski definition) is 4. The van der Waals surface area contributed by atoms with E-state index >= 15 is 0 Å². The monoisotopic (exact) mass is 224 g/mol. The number of nitrogens with one attached hydrogen (secondary N) is 1. The highest BCUT2D eigenvalue weighted by atomic mass is 16.3. The van der Waals surface area contributed by atoms with Crippen LogP contribution in [0.4, 0.5) is 0 Å². The quantitative estimate of drug-likeness (QED) is 0.692. The zero-order valence-electron chi connectivity index (χ0n) is 9.23. The summed E-state index contributed by atoms with van der Waals surface area (Å²) in [5, 5.41) is 2.46. The lowest BCUT2D eigenvalue weighted by molar-refractivity contribution is -0.138. The molecule has 0 bridgehead atoms. The van der Waals surface area contributed by atoms with Gasteiger partial charge in [-0.1, -0.05) is 13.3 Å². The number of rotatable bonds is 6. The minimum absolute atomic E-state index is 0.205. The topological polar surface area (TPSA) is 85.3 Å². The van der Waals surface area contributed by atoms with E-state index in [1.54, 1.807) is 12.1 Å². The average molecular weight is 224 g/mol. The van der Waals surface area contributed by atoms with Gasteiger partial charge in [-0.2, -0.15) is 0 Å². The van der Waals surface area contributed by atoms with Gasteiger partial charge in [0, 0.05) is 0 Å². The summed E-state index contributed by atoms with van der Waals surface area (Å²) in [7, 11) is 0. The van der Waals surface area contributed by atoms with Crippen molar-refractivity contribution in [2.24, 2.45) is 5.73 Å². The van der Waals surface area contributed by atoms with Crippen molar-refractivity contribution in [3.8, 4) is 0 Å². The Kier molecular flexibility index (Phi) is 4.72. The maximum absolute atomic E-state index is 11.4. The van der Waals surface area contributed by atoms with Crippen LogP contribution in [0.3, 0.4) is 0 Å². The second-order valence-electron chi connectivity index (χ2n) is 3.52. The first-order chi connectivity index (χ1) is 7.65. The Morgan fingerprint density at radius 3 is 2.88 bits per heavy atom. The van der Waals surface area contributed by atoms with Crippen molar-refractivity contribution in [2.45, 2.75) is 32.4 Å². The molecule has 1 amide bonds. The molecule has 3 N–H and O–H groups in total. The van der Waals surface area contributed by atoms with Crippen molar-refractivity contribution >= 4 is 11.7 Å².